The highest BCUT2D eigenvalue weighted by Crippen LogP contribution is 2.31. The molecule has 0 aromatic heterocycles. The zero-order valence-electron chi connectivity index (χ0n) is 9.19. The van der Waals surface area contributed by atoms with Gasteiger partial charge in [0, 0.05) is 19.5 Å². The van der Waals surface area contributed by atoms with E-state index in [0.717, 1.165) is 12.0 Å². The van der Waals surface area contributed by atoms with Crippen LogP contribution in [0.15, 0.2) is 24.3 Å². The van der Waals surface area contributed by atoms with Gasteiger partial charge in [-0.05, 0) is 24.1 Å². The highest BCUT2D eigenvalue weighted by Gasteiger charge is 2.34. The average Bonchev–Trinajstić information content (AvgIpc) is 2.62. The highest BCUT2D eigenvalue weighted by atomic mass is 19.1. The summed E-state index contributed by atoms with van der Waals surface area (Å²) in [7, 11) is 0. The van der Waals surface area contributed by atoms with Gasteiger partial charge < -0.3 is 10.6 Å². The zero-order chi connectivity index (χ0) is 11.7. The van der Waals surface area contributed by atoms with Crippen molar-refractivity contribution in [3.63, 3.8) is 0 Å². The van der Waals surface area contributed by atoms with Gasteiger partial charge in [0.15, 0.2) is 0 Å². The SMILES string of the molecule is CC(=O)N1CC[C@@H](N)[C@H]1c1ccc(F)cc1. The second-order valence-corrected chi connectivity index (χ2v) is 4.16. The third-order valence-electron chi connectivity index (χ3n) is 3.06. The van der Waals surface area contributed by atoms with Crippen LogP contribution in [-0.2, 0) is 4.79 Å². The Kier molecular flexibility index (Phi) is 2.92. The number of amides is 1. The fraction of sp³-hybridized carbons (Fsp3) is 0.417. The molecule has 1 amide bonds. The van der Waals surface area contributed by atoms with Crippen molar-refractivity contribution in [2.75, 3.05) is 6.54 Å². The molecule has 1 aliphatic heterocycles. The van der Waals surface area contributed by atoms with Gasteiger partial charge in [0.25, 0.3) is 0 Å². The summed E-state index contributed by atoms with van der Waals surface area (Å²) in [5, 5.41) is 0. The summed E-state index contributed by atoms with van der Waals surface area (Å²) in [5.74, 6) is -0.257. The molecule has 86 valence electrons. The van der Waals surface area contributed by atoms with Crippen molar-refractivity contribution >= 4 is 5.91 Å². The van der Waals surface area contributed by atoms with Gasteiger partial charge in [0.1, 0.15) is 5.82 Å². The molecular formula is C12H15FN2O. The summed E-state index contributed by atoms with van der Waals surface area (Å²) in [4.78, 5) is 13.2. The quantitative estimate of drug-likeness (QED) is 0.781. The Morgan fingerprint density at radius 1 is 1.44 bits per heavy atom. The largest absolute Gasteiger partial charge is 0.334 e. The first-order valence-electron chi connectivity index (χ1n) is 5.38. The van der Waals surface area contributed by atoms with Crippen molar-refractivity contribution in [2.45, 2.75) is 25.4 Å². The summed E-state index contributed by atoms with van der Waals surface area (Å²) < 4.78 is 12.8. The Morgan fingerprint density at radius 2 is 2.06 bits per heavy atom. The second kappa shape index (κ2) is 4.22. The lowest BCUT2D eigenvalue weighted by Gasteiger charge is -2.26. The van der Waals surface area contributed by atoms with Crippen molar-refractivity contribution in [1.29, 1.82) is 0 Å². The van der Waals surface area contributed by atoms with Gasteiger partial charge in [-0.2, -0.15) is 0 Å². The van der Waals surface area contributed by atoms with E-state index >= 15 is 0 Å². The van der Waals surface area contributed by atoms with Gasteiger partial charge in [-0.15, -0.1) is 0 Å². The Hall–Kier alpha value is -1.42. The van der Waals surface area contributed by atoms with Gasteiger partial charge >= 0.3 is 0 Å². The number of carbonyl (C=O) groups is 1. The summed E-state index contributed by atoms with van der Waals surface area (Å²) in [6.45, 7) is 2.22. The monoisotopic (exact) mass is 222 g/mol. The number of hydrogen-bond acceptors (Lipinski definition) is 2. The number of hydrogen-bond donors (Lipinski definition) is 1. The maximum Gasteiger partial charge on any atom is 0.220 e. The van der Waals surface area contributed by atoms with Crippen LogP contribution in [0.1, 0.15) is 24.9 Å². The Morgan fingerprint density at radius 3 is 2.62 bits per heavy atom. The maximum atomic E-state index is 12.8. The normalized spacial score (nSPS) is 24.8. The van der Waals surface area contributed by atoms with E-state index in [1.54, 1.807) is 17.0 Å². The molecule has 1 aromatic carbocycles. The molecule has 0 radical (unpaired) electrons. The minimum absolute atomic E-state index is 0.0160. The molecule has 1 heterocycles. The molecule has 1 fully saturated rings. The molecule has 0 saturated carbocycles. The van der Waals surface area contributed by atoms with E-state index in [0.29, 0.717) is 6.54 Å². The second-order valence-electron chi connectivity index (χ2n) is 4.16. The lowest BCUT2D eigenvalue weighted by molar-refractivity contribution is -0.129. The molecule has 1 aromatic rings. The molecule has 3 nitrogen and oxygen atoms in total. The standard InChI is InChI=1S/C12H15FN2O/c1-8(16)15-7-6-11(14)12(15)9-2-4-10(13)5-3-9/h2-5,11-12H,6-7,14H2,1H3/t11-,12-/m1/s1. The first-order chi connectivity index (χ1) is 7.59. The predicted octanol–water partition coefficient (Wildman–Crippen LogP) is 1.45. The molecule has 16 heavy (non-hydrogen) atoms. The van der Waals surface area contributed by atoms with Gasteiger partial charge in [0.2, 0.25) is 5.91 Å². The van der Waals surface area contributed by atoms with Crippen molar-refractivity contribution in [1.82, 2.24) is 4.90 Å². The Labute approximate surface area is 94.0 Å². The van der Waals surface area contributed by atoms with Crippen LogP contribution in [-0.4, -0.2) is 23.4 Å². The van der Waals surface area contributed by atoms with Crippen LogP contribution < -0.4 is 5.73 Å². The van der Waals surface area contributed by atoms with E-state index in [9.17, 15) is 9.18 Å². The predicted molar refractivity (Wildman–Crippen MR) is 59.1 cm³/mol. The van der Waals surface area contributed by atoms with E-state index < -0.39 is 0 Å². The van der Waals surface area contributed by atoms with Crippen LogP contribution in [0.3, 0.4) is 0 Å². The van der Waals surface area contributed by atoms with Crippen molar-refractivity contribution in [3.8, 4) is 0 Å². The summed E-state index contributed by atoms with van der Waals surface area (Å²) in [6.07, 6.45) is 0.793. The lowest BCUT2D eigenvalue weighted by atomic mass is 10.0. The van der Waals surface area contributed by atoms with Crippen molar-refractivity contribution < 1.29 is 9.18 Å². The number of nitrogens with zero attached hydrogens (tertiary/aromatic N) is 1. The van der Waals surface area contributed by atoms with Gasteiger partial charge in [-0.25, -0.2) is 4.39 Å². The van der Waals surface area contributed by atoms with E-state index in [4.69, 9.17) is 5.73 Å². The Bertz CT molecular complexity index is 391. The topological polar surface area (TPSA) is 46.3 Å². The molecule has 1 aliphatic rings. The molecule has 0 spiro atoms. The smallest absolute Gasteiger partial charge is 0.220 e. The average molecular weight is 222 g/mol. The molecule has 4 heteroatoms. The summed E-state index contributed by atoms with van der Waals surface area (Å²) in [5.41, 5.74) is 6.89. The van der Waals surface area contributed by atoms with E-state index in [2.05, 4.69) is 0 Å². The number of halogens is 1. The van der Waals surface area contributed by atoms with Crippen LogP contribution in [0, 0.1) is 5.82 Å². The molecule has 0 unspecified atom stereocenters. The molecule has 0 aliphatic carbocycles. The molecule has 0 bridgehead atoms. The minimum atomic E-state index is -0.273. The van der Waals surface area contributed by atoms with Gasteiger partial charge in [-0.1, -0.05) is 12.1 Å². The van der Waals surface area contributed by atoms with Gasteiger partial charge in [-0.3, -0.25) is 4.79 Å². The number of nitrogens with two attached hydrogens (primary N) is 1. The third kappa shape index (κ3) is 1.93. The van der Waals surface area contributed by atoms with Crippen LogP contribution in [0.5, 0.6) is 0 Å². The van der Waals surface area contributed by atoms with Crippen molar-refractivity contribution in [3.05, 3.63) is 35.6 Å². The van der Waals surface area contributed by atoms with Crippen LogP contribution in [0.2, 0.25) is 0 Å². The van der Waals surface area contributed by atoms with Crippen LogP contribution >= 0.6 is 0 Å². The number of carbonyl (C=O) groups excluding carboxylic acids is 1. The zero-order valence-corrected chi connectivity index (χ0v) is 9.19. The first kappa shape index (κ1) is 11.1. The molecule has 1 saturated heterocycles. The minimum Gasteiger partial charge on any atom is -0.334 e. The highest BCUT2D eigenvalue weighted by molar-refractivity contribution is 5.74. The number of rotatable bonds is 1. The number of likely N-dealkylation sites (tertiary alicyclic amines) is 1. The molecular weight excluding hydrogens is 207 g/mol. The molecule has 2 N–H and O–H groups in total. The van der Waals surface area contributed by atoms with E-state index in [1.165, 1.54) is 19.1 Å². The van der Waals surface area contributed by atoms with Gasteiger partial charge in [0.05, 0.1) is 6.04 Å². The summed E-state index contributed by atoms with van der Waals surface area (Å²) in [6, 6.07) is 6.02. The molecule has 2 rings (SSSR count). The summed E-state index contributed by atoms with van der Waals surface area (Å²) >= 11 is 0. The van der Waals surface area contributed by atoms with E-state index in [-0.39, 0.29) is 23.8 Å². The fourth-order valence-corrected chi connectivity index (χ4v) is 2.26. The lowest BCUT2D eigenvalue weighted by Crippen LogP contribution is -2.34. The fourth-order valence-electron chi connectivity index (χ4n) is 2.26. The maximum absolute atomic E-state index is 12.8. The number of benzene rings is 1. The van der Waals surface area contributed by atoms with E-state index in [1.807, 2.05) is 0 Å². The Balaban J connectivity index is 2.29. The van der Waals surface area contributed by atoms with Crippen LogP contribution in [0.4, 0.5) is 4.39 Å². The third-order valence-corrected chi connectivity index (χ3v) is 3.06. The molecule has 2 atom stereocenters. The van der Waals surface area contributed by atoms with Crippen LogP contribution in [0.25, 0.3) is 0 Å². The van der Waals surface area contributed by atoms with Crippen molar-refractivity contribution in [2.24, 2.45) is 5.73 Å². The first-order valence-corrected chi connectivity index (χ1v) is 5.38.